The fraction of sp³-hybridized carbons (Fsp3) is 0.500. The molecule has 1 aliphatic heterocycles. The predicted octanol–water partition coefficient (Wildman–Crippen LogP) is 2.87. The zero-order valence-electron chi connectivity index (χ0n) is 14.8. The second-order valence-electron chi connectivity index (χ2n) is 6.16. The number of aromatic nitrogens is 3. The van der Waals surface area contributed by atoms with Crippen molar-refractivity contribution in [2.24, 2.45) is 0 Å². The molecule has 1 aromatic carbocycles. The van der Waals surface area contributed by atoms with Crippen molar-refractivity contribution < 1.29 is 9.53 Å². The van der Waals surface area contributed by atoms with Crippen molar-refractivity contribution in [1.29, 1.82) is 0 Å². The van der Waals surface area contributed by atoms with Gasteiger partial charge >= 0.3 is 0 Å². The molecule has 1 aromatic heterocycles. The van der Waals surface area contributed by atoms with E-state index in [1.165, 1.54) is 5.56 Å². The van der Waals surface area contributed by atoms with Crippen LogP contribution in [0.25, 0.3) is 5.69 Å². The average Bonchev–Trinajstić information content (AvgIpc) is 3.03. The maximum atomic E-state index is 11.1. The van der Waals surface area contributed by atoms with Gasteiger partial charge in [-0.15, -0.1) is 10.2 Å². The third-order valence-electron chi connectivity index (χ3n) is 4.17. The molecular weight excluding hydrogens is 336 g/mol. The molecule has 3 rings (SSSR count). The van der Waals surface area contributed by atoms with Gasteiger partial charge in [-0.1, -0.05) is 30.0 Å². The molecular formula is C18H24N4O2S. The first-order chi connectivity index (χ1) is 12.2. The lowest BCUT2D eigenvalue weighted by Crippen LogP contribution is -2.38. The minimum Gasteiger partial charge on any atom is -0.378 e. The van der Waals surface area contributed by atoms with Crippen molar-refractivity contribution >= 4 is 23.5 Å². The molecule has 0 N–H and O–H groups in total. The van der Waals surface area contributed by atoms with Crippen LogP contribution in [0.15, 0.2) is 29.4 Å². The van der Waals surface area contributed by atoms with Gasteiger partial charge in [0.2, 0.25) is 5.95 Å². The van der Waals surface area contributed by atoms with Gasteiger partial charge in [-0.3, -0.25) is 4.57 Å². The van der Waals surface area contributed by atoms with Crippen molar-refractivity contribution in [3.05, 3.63) is 29.8 Å². The Kier molecular flexibility index (Phi) is 6.09. The molecule has 0 unspecified atom stereocenters. The van der Waals surface area contributed by atoms with Crippen molar-refractivity contribution in [2.45, 2.75) is 31.8 Å². The Morgan fingerprint density at radius 3 is 2.72 bits per heavy atom. The van der Waals surface area contributed by atoms with Gasteiger partial charge in [-0.25, -0.2) is 0 Å². The van der Waals surface area contributed by atoms with E-state index in [0.717, 1.165) is 42.1 Å². The summed E-state index contributed by atoms with van der Waals surface area (Å²) >= 11 is 1.66. The van der Waals surface area contributed by atoms with Gasteiger partial charge in [0.15, 0.2) is 5.16 Å². The lowest BCUT2D eigenvalue weighted by Gasteiger charge is -2.28. The summed E-state index contributed by atoms with van der Waals surface area (Å²) in [4.78, 5) is 13.4. The van der Waals surface area contributed by atoms with Gasteiger partial charge in [0.05, 0.1) is 18.9 Å². The van der Waals surface area contributed by atoms with Gasteiger partial charge in [0.25, 0.3) is 0 Å². The van der Waals surface area contributed by atoms with Crippen molar-refractivity contribution in [3.63, 3.8) is 0 Å². The van der Waals surface area contributed by atoms with E-state index in [1.54, 1.807) is 18.7 Å². The average molecular weight is 360 g/mol. The van der Waals surface area contributed by atoms with Crippen LogP contribution >= 0.6 is 11.8 Å². The number of Topliss-reactive ketones (excluding diaryl/α,β-unsaturated/α-hetero) is 1. The number of ketones is 1. The van der Waals surface area contributed by atoms with Crippen LogP contribution in [0.4, 0.5) is 5.95 Å². The Morgan fingerprint density at radius 2 is 2.00 bits per heavy atom. The van der Waals surface area contributed by atoms with Crippen LogP contribution in [0.2, 0.25) is 0 Å². The van der Waals surface area contributed by atoms with E-state index in [0.29, 0.717) is 19.6 Å². The fourth-order valence-corrected chi connectivity index (χ4v) is 3.71. The molecule has 1 saturated heterocycles. The predicted molar refractivity (Wildman–Crippen MR) is 99.8 cm³/mol. The van der Waals surface area contributed by atoms with Crippen molar-refractivity contribution in [1.82, 2.24) is 14.8 Å². The number of anilines is 1. The highest BCUT2D eigenvalue weighted by atomic mass is 32.2. The van der Waals surface area contributed by atoms with E-state index < -0.39 is 0 Å². The fourth-order valence-electron chi connectivity index (χ4n) is 2.83. The molecule has 0 spiro atoms. The number of nitrogens with zero attached hydrogens (tertiary/aromatic N) is 4. The molecule has 25 heavy (non-hydrogen) atoms. The van der Waals surface area contributed by atoms with Crippen molar-refractivity contribution in [3.8, 4) is 5.69 Å². The Balaban J connectivity index is 1.88. The number of hydrogen-bond donors (Lipinski definition) is 0. The molecule has 2 aromatic rings. The molecule has 0 amide bonds. The SMILES string of the molecule is CC(=O)CCCSc1nnc(N2CCOCC2)n1-c1ccccc1C. The molecule has 6 nitrogen and oxygen atoms in total. The third kappa shape index (κ3) is 4.41. The number of ether oxygens (including phenoxy) is 1. The largest absolute Gasteiger partial charge is 0.378 e. The summed E-state index contributed by atoms with van der Waals surface area (Å²) in [6.45, 7) is 6.79. The van der Waals surface area contributed by atoms with Crippen LogP contribution in [0.3, 0.4) is 0 Å². The summed E-state index contributed by atoms with van der Waals surface area (Å²) in [7, 11) is 0. The lowest BCUT2D eigenvalue weighted by molar-refractivity contribution is -0.117. The number of rotatable bonds is 7. The summed E-state index contributed by atoms with van der Waals surface area (Å²) in [6, 6.07) is 8.28. The number of thioether (sulfide) groups is 1. The number of benzene rings is 1. The van der Waals surface area contributed by atoms with E-state index in [2.05, 4.69) is 38.7 Å². The van der Waals surface area contributed by atoms with Crippen LogP contribution in [-0.2, 0) is 9.53 Å². The van der Waals surface area contributed by atoms with E-state index >= 15 is 0 Å². The molecule has 0 atom stereocenters. The number of hydrogen-bond acceptors (Lipinski definition) is 6. The maximum Gasteiger partial charge on any atom is 0.232 e. The van der Waals surface area contributed by atoms with Gasteiger partial charge < -0.3 is 14.4 Å². The number of carbonyl (C=O) groups excluding carboxylic acids is 1. The van der Waals surface area contributed by atoms with Gasteiger partial charge in [0, 0.05) is 25.3 Å². The summed E-state index contributed by atoms with van der Waals surface area (Å²) < 4.78 is 7.60. The number of carbonyl (C=O) groups is 1. The summed E-state index contributed by atoms with van der Waals surface area (Å²) in [5.74, 6) is 1.95. The monoisotopic (exact) mass is 360 g/mol. The Morgan fingerprint density at radius 1 is 1.24 bits per heavy atom. The van der Waals surface area contributed by atoms with E-state index in [9.17, 15) is 4.79 Å². The molecule has 0 radical (unpaired) electrons. The van der Waals surface area contributed by atoms with E-state index in [1.807, 2.05) is 12.1 Å². The number of para-hydroxylation sites is 1. The van der Waals surface area contributed by atoms with Crippen LogP contribution in [0.5, 0.6) is 0 Å². The van der Waals surface area contributed by atoms with Gasteiger partial charge in [0.1, 0.15) is 5.78 Å². The molecule has 2 heterocycles. The Hall–Kier alpha value is -1.86. The highest BCUT2D eigenvalue weighted by Crippen LogP contribution is 2.29. The van der Waals surface area contributed by atoms with Gasteiger partial charge in [-0.2, -0.15) is 0 Å². The molecule has 134 valence electrons. The molecule has 0 aliphatic carbocycles. The third-order valence-corrected chi connectivity index (χ3v) is 5.19. The van der Waals surface area contributed by atoms with Crippen LogP contribution in [-0.4, -0.2) is 52.6 Å². The smallest absolute Gasteiger partial charge is 0.232 e. The molecule has 0 saturated carbocycles. The second kappa shape index (κ2) is 8.49. The lowest BCUT2D eigenvalue weighted by atomic mass is 10.2. The standard InChI is InChI=1S/C18H24N4O2S/c1-14-6-3-4-8-16(14)22-17(21-9-11-24-12-10-21)19-20-18(22)25-13-5-7-15(2)23/h3-4,6,8H,5,7,9-13H2,1-2H3. The number of morpholine rings is 1. The Labute approximate surface area is 152 Å². The van der Waals surface area contributed by atoms with Crippen molar-refractivity contribution in [2.75, 3.05) is 37.0 Å². The first-order valence-electron chi connectivity index (χ1n) is 8.63. The highest BCUT2D eigenvalue weighted by molar-refractivity contribution is 7.99. The summed E-state index contributed by atoms with van der Waals surface area (Å²) in [6.07, 6.45) is 1.47. The minimum atomic E-state index is 0.231. The van der Waals surface area contributed by atoms with E-state index in [-0.39, 0.29) is 5.78 Å². The van der Waals surface area contributed by atoms with Crippen LogP contribution < -0.4 is 4.90 Å². The molecule has 0 bridgehead atoms. The van der Waals surface area contributed by atoms with Crippen LogP contribution in [0.1, 0.15) is 25.3 Å². The van der Waals surface area contributed by atoms with E-state index in [4.69, 9.17) is 4.74 Å². The number of aryl methyl sites for hydroxylation is 1. The second-order valence-corrected chi connectivity index (χ2v) is 7.22. The normalized spacial score (nSPS) is 14.7. The molecule has 1 aliphatic rings. The zero-order chi connectivity index (χ0) is 17.6. The quantitative estimate of drug-likeness (QED) is 0.559. The Bertz CT molecular complexity index is 726. The zero-order valence-corrected chi connectivity index (χ0v) is 15.6. The molecule has 1 fully saturated rings. The summed E-state index contributed by atoms with van der Waals surface area (Å²) in [5, 5.41) is 9.78. The van der Waals surface area contributed by atoms with Crippen LogP contribution in [0, 0.1) is 6.92 Å². The molecule has 7 heteroatoms. The summed E-state index contributed by atoms with van der Waals surface area (Å²) in [5.41, 5.74) is 2.28. The topological polar surface area (TPSA) is 60.3 Å². The van der Waals surface area contributed by atoms with Gasteiger partial charge in [-0.05, 0) is 31.9 Å². The highest BCUT2D eigenvalue weighted by Gasteiger charge is 2.22. The maximum absolute atomic E-state index is 11.1. The first kappa shape index (κ1) is 17.9. The minimum absolute atomic E-state index is 0.231. The first-order valence-corrected chi connectivity index (χ1v) is 9.61.